The minimum atomic E-state index is -3.49. The van der Waals surface area contributed by atoms with Crippen LogP contribution in [0.2, 0.25) is 0 Å². The second-order valence-electron chi connectivity index (χ2n) is 5.58. The van der Waals surface area contributed by atoms with E-state index in [-0.39, 0.29) is 17.5 Å². The molecular weight excluding hydrogens is 264 g/mol. The molecule has 1 fully saturated rings. The first-order chi connectivity index (χ1) is 8.85. The summed E-state index contributed by atoms with van der Waals surface area (Å²) in [4.78, 5) is 0.228. The van der Waals surface area contributed by atoms with E-state index in [1.807, 2.05) is 0 Å². The molecule has 0 aromatic carbocycles. The van der Waals surface area contributed by atoms with Crippen molar-refractivity contribution in [2.75, 3.05) is 0 Å². The highest BCUT2D eigenvalue weighted by Crippen LogP contribution is 2.32. The minimum absolute atomic E-state index is 0.0118. The fourth-order valence-electron chi connectivity index (χ4n) is 2.68. The van der Waals surface area contributed by atoms with Gasteiger partial charge in [0.2, 0.25) is 10.0 Å². The SMILES string of the molecule is CC1CCC(NS(=O)(=O)c2cc(CO)n(C)c2)C1C. The standard InChI is InChI=1S/C13H22N2O3S/c1-9-4-5-13(10(9)2)14-19(17,18)12-6-11(8-16)15(3)7-12/h6-7,9-10,13-14,16H,4-5,8H2,1-3H3. The topological polar surface area (TPSA) is 71.3 Å². The van der Waals surface area contributed by atoms with Gasteiger partial charge in [0.05, 0.1) is 11.5 Å². The molecule has 1 heterocycles. The van der Waals surface area contributed by atoms with Crippen molar-refractivity contribution in [2.45, 2.75) is 44.2 Å². The summed E-state index contributed by atoms with van der Waals surface area (Å²) in [6, 6.07) is 1.53. The summed E-state index contributed by atoms with van der Waals surface area (Å²) in [5, 5.41) is 9.12. The average molecular weight is 286 g/mol. The van der Waals surface area contributed by atoms with E-state index in [9.17, 15) is 8.42 Å². The van der Waals surface area contributed by atoms with Gasteiger partial charge in [-0.25, -0.2) is 13.1 Å². The molecule has 1 aliphatic carbocycles. The Morgan fingerprint density at radius 3 is 2.58 bits per heavy atom. The van der Waals surface area contributed by atoms with E-state index in [1.54, 1.807) is 11.6 Å². The van der Waals surface area contributed by atoms with Crippen LogP contribution >= 0.6 is 0 Å². The van der Waals surface area contributed by atoms with Crippen molar-refractivity contribution >= 4 is 10.0 Å². The summed E-state index contributed by atoms with van der Waals surface area (Å²) in [6.45, 7) is 4.09. The van der Waals surface area contributed by atoms with Crippen molar-refractivity contribution < 1.29 is 13.5 Å². The average Bonchev–Trinajstić information content (AvgIpc) is 2.87. The third kappa shape index (κ3) is 2.85. The van der Waals surface area contributed by atoms with Crippen molar-refractivity contribution in [1.82, 2.24) is 9.29 Å². The Bertz CT molecular complexity index is 550. The van der Waals surface area contributed by atoms with Crippen LogP contribution in [-0.2, 0) is 23.7 Å². The van der Waals surface area contributed by atoms with Gasteiger partial charge in [-0.2, -0.15) is 0 Å². The second-order valence-corrected chi connectivity index (χ2v) is 7.29. The number of hydrogen-bond acceptors (Lipinski definition) is 3. The molecule has 0 saturated heterocycles. The molecule has 5 nitrogen and oxygen atoms in total. The molecule has 3 atom stereocenters. The maximum absolute atomic E-state index is 12.3. The van der Waals surface area contributed by atoms with Crippen LogP contribution < -0.4 is 4.72 Å². The van der Waals surface area contributed by atoms with Crippen LogP contribution in [0.25, 0.3) is 0 Å². The van der Waals surface area contributed by atoms with Gasteiger partial charge in [-0.3, -0.25) is 0 Å². The maximum Gasteiger partial charge on any atom is 0.242 e. The predicted molar refractivity (Wildman–Crippen MR) is 73.0 cm³/mol. The van der Waals surface area contributed by atoms with E-state index in [1.165, 1.54) is 12.3 Å². The highest BCUT2D eigenvalue weighted by molar-refractivity contribution is 7.89. The molecule has 1 aromatic rings. The Morgan fingerprint density at radius 1 is 1.42 bits per heavy atom. The van der Waals surface area contributed by atoms with Gasteiger partial charge < -0.3 is 9.67 Å². The summed E-state index contributed by atoms with van der Waals surface area (Å²) < 4.78 is 29.1. The molecule has 0 radical (unpaired) electrons. The third-order valence-corrected chi connectivity index (χ3v) is 5.78. The summed E-state index contributed by atoms with van der Waals surface area (Å²) in [5.74, 6) is 0.910. The molecule has 6 heteroatoms. The molecule has 3 unspecified atom stereocenters. The van der Waals surface area contributed by atoms with E-state index >= 15 is 0 Å². The Balaban J connectivity index is 2.18. The van der Waals surface area contributed by atoms with Gasteiger partial charge in [0.1, 0.15) is 0 Å². The Labute approximate surface area is 114 Å². The van der Waals surface area contributed by atoms with Crippen LogP contribution in [0.3, 0.4) is 0 Å². The molecular formula is C13H22N2O3S. The largest absolute Gasteiger partial charge is 0.390 e. The Hall–Kier alpha value is -0.850. The van der Waals surface area contributed by atoms with E-state index in [0.717, 1.165) is 12.8 Å². The van der Waals surface area contributed by atoms with Crippen molar-refractivity contribution in [2.24, 2.45) is 18.9 Å². The maximum atomic E-state index is 12.3. The molecule has 1 aliphatic rings. The summed E-state index contributed by atoms with van der Waals surface area (Å²) in [6.07, 6.45) is 3.49. The zero-order chi connectivity index (χ0) is 14.2. The number of aryl methyl sites for hydroxylation is 1. The number of hydrogen-bond donors (Lipinski definition) is 2. The van der Waals surface area contributed by atoms with Crippen LogP contribution in [0.4, 0.5) is 0 Å². The third-order valence-electron chi connectivity index (χ3n) is 4.33. The fourth-order valence-corrected chi connectivity index (χ4v) is 4.13. The number of rotatable bonds is 4. The number of aromatic nitrogens is 1. The first kappa shape index (κ1) is 14.6. The molecule has 108 valence electrons. The van der Waals surface area contributed by atoms with Crippen LogP contribution in [0.15, 0.2) is 17.2 Å². The van der Waals surface area contributed by atoms with Gasteiger partial charge in [0.25, 0.3) is 0 Å². The monoisotopic (exact) mass is 286 g/mol. The molecule has 0 spiro atoms. The highest BCUT2D eigenvalue weighted by atomic mass is 32.2. The lowest BCUT2D eigenvalue weighted by Gasteiger charge is -2.19. The molecule has 19 heavy (non-hydrogen) atoms. The molecule has 2 rings (SSSR count). The molecule has 1 aromatic heterocycles. The van der Waals surface area contributed by atoms with E-state index < -0.39 is 10.0 Å². The molecule has 0 bridgehead atoms. The zero-order valence-corrected chi connectivity index (χ0v) is 12.4. The minimum Gasteiger partial charge on any atom is -0.390 e. The molecule has 0 aliphatic heterocycles. The van der Waals surface area contributed by atoms with Crippen molar-refractivity contribution in [1.29, 1.82) is 0 Å². The lowest BCUT2D eigenvalue weighted by atomic mass is 9.98. The van der Waals surface area contributed by atoms with Crippen LogP contribution in [0.5, 0.6) is 0 Å². The Morgan fingerprint density at radius 2 is 2.11 bits per heavy atom. The van der Waals surface area contributed by atoms with Crippen LogP contribution in [0.1, 0.15) is 32.4 Å². The number of aliphatic hydroxyl groups is 1. The van der Waals surface area contributed by atoms with Crippen molar-refractivity contribution in [3.8, 4) is 0 Å². The number of nitrogens with zero attached hydrogens (tertiary/aromatic N) is 1. The quantitative estimate of drug-likeness (QED) is 0.874. The van der Waals surface area contributed by atoms with E-state index in [0.29, 0.717) is 17.5 Å². The molecule has 1 saturated carbocycles. The van der Waals surface area contributed by atoms with Gasteiger partial charge in [-0.15, -0.1) is 0 Å². The van der Waals surface area contributed by atoms with Crippen LogP contribution in [0, 0.1) is 11.8 Å². The van der Waals surface area contributed by atoms with Gasteiger partial charge in [-0.05, 0) is 30.7 Å². The van der Waals surface area contributed by atoms with Gasteiger partial charge in [-0.1, -0.05) is 13.8 Å². The molecule has 2 N–H and O–H groups in total. The predicted octanol–water partition coefficient (Wildman–Crippen LogP) is 1.23. The van der Waals surface area contributed by atoms with Gasteiger partial charge >= 0.3 is 0 Å². The Kier molecular flexibility index (Phi) is 4.03. The smallest absolute Gasteiger partial charge is 0.242 e. The van der Waals surface area contributed by atoms with Crippen molar-refractivity contribution in [3.63, 3.8) is 0 Å². The number of nitrogens with one attached hydrogen (secondary N) is 1. The number of aliphatic hydroxyl groups excluding tert-OH is 1. The lowest BCUT2D eigenvalue weighted by Crippen LogP contribution is -2.37. The fraction of sp³-hybridized carbons (Fsp3) is 0.692. The van der Waals surface area contributed by atoms with Gasteiger partial charge in [0.15, 0.2) is 0 Å². The summed E-state index contributed by atoms with van der Waals surface area (Å²) >= 11 is 0. The first-order valence-electron chi connectivity index (χ1n) is 6.63. The highest BCUT2D eigenvalue weighted by Gasteiger charge is 2.33. The summed E-state index contributed by atoms with van der Waals surface area (Å²) in [5.41, 5.74) is 0.591. The van der Waals surface area contributed by atoms with E-state index in [2.05, 4.69) is 18.6 Å². The zero-order valence-electron chi connectivity index (χ0n) is 11.6. The van der Waals surface area contributed by atoms with Crippen LogP contribution in [-0.4, -0.2) is 24.1 Å². The van der Waals surface area contributed by atoms with Gasteiger partial charge in [0, 0.05) is 25.0 Å². The normalized spacial score (nSPS) is 27.9. The number of sulfonamides is 1. The van der Waals surface area contributed by atoms with E-state index in [4.69, 9.17) is 5.11 Å². The van der Waals surface area contributed by atoms with Crippen molar-refractivity contribution in [3.05, 3.63) is 18.0 Å². The summed E-state index contributed by atoms with van der Waals surface area (Å²) in [7, 11) is -1.77. The first-order valence-corrected chi connectivity index (χ1v) is 8.12. The lowest BCUT2D eigenvalue weighted by molar-refractivity contribution is 0.272. The molecule has 0 amide bonds. The second kappa shape index (κ2) is 5.26.